The molecule has 1 atom stereocenters. The number of carbonyl (C=O) groups excluding carboxylic acids is 1. The first-order chi connectivity index (χ1) is 9.07. The Labute approximate surface area is 117 Å². The second-order valence-electron chi connectivity index (χ2n) is 5.51. The third-order valence-electron chi connectivity index (χ3n) is 3.25. The lowest BCUT2D eigenvalue weighted by atomic mass is 9.83. The van der Waals surface area contributed by atoms with Gasteiger partial charge in [0.15, 0.2) is 5.60 Å². The molecule has 110 valence electrons. The van der Waals surface area contributed by atoms with Crippen LogP contribution in [0.4, 0.5) is 5.69 Å². The Morgan fingerprint density at radius 3 is 2.15 bits per heavy atom. The van der Waals surface area contributed by atoms with E-state index in [0.717, 1.165) is 12.5 Å². The molecular formula is C14H20N2O4. The minimum absolute atomic E-state index is 0.362. The molecule has 5 N–H and O–H groups in total. The number of benzene rings is 1. The van der Waals surface area contributed by atoms with Gasteiger partial charge in [0.2, 0.25) is 5.91 Å². The number of nitrogen functional groups attached to an aromatic ring is 1. The molecule has 1 aromatic carbocycles. The van der Waals surface area contributed by atoms with Crippen molar-refractivity contribution in [1.29, 1.82) is 0 Å². The molecule has 1 rings (SSSR count). The molecule has 0 saturated heterocycles. The van der Waals surface area contributed by atoms with E-state index < -0.39 is 17.0 Å². The van der Waals surface area contributed by atoms with Crippen molar-refractivity contribution in [2.24, 2.45) is 0 Å². The Morgan fingerprint density at radius 1 is 1.20 bits per heavy atom. The van der Waals surface area contributed by atoms with Crippen LogP contribution in [-0.4, -0.2) is 34.2 Å². The predicted octanol–water partition coefficient (Wildman–Crippen LogP) is 0.498. The number of aliphatic carboxylic acids is 1. The van der Waals surface area contributed by atoms with Gasteiger partial charge in [-0.2, -0.15) is 0 Å². The molecule has 0 aliphatic carbocycles. The van der Waals surface area contributed by atoms with E-state index in [-0.39, 0.29) is 12.5 Å². The largest absolute Gasteiger partial charge is 0.479 e. The van der Waals surface area contributed by atoms with Crippen molar-refractivity contribution < 1.29 is 19.8 Å². The summed E-state index contributed by atoms with van der Waals surface area (Å²) in [6.07, 6.45) is 0. The third-order valence-corrected chi connectivity index (χ3v) is 3.25. The van der Waals surface area contributed by atoms with Crippen molar-refractivity contribution in [2.45, 2.75) is 31.8 Å². The van der Waals surface area contributed by atoms with Gasteiger partial charge < -0.3 is 21.3 Å². The summed E-state index contributed by atoms with van der Waals surface area (Å²) in [4.78, 5) is 22.9. The number of hydrogen-bond acceptors (Lipinski definition) is 4. The summed E-state index contributed by atoms with van der Waals surface area (Å²) in [6.45, 7) is 4.19. The third kappa shape index (κ3) is 3.48. The number of carbonyl (C=O) groups is 2. The second kappa shape index (κ2) is 5.50. The van der Waals surface area contributed by atoms with Gasteiger partial charge in [0.1, 0.15) is 0 Å². The van der Waals surface area contributed by atoms with Gasteiger partial charge in [-0.1, -0.05) is 12.1 Å². The maximum absolute atomic E-state index is 12.2. The topological polar surface area (TPSA) is 113 Å². The van der Waals surface area contributed by atoms with E-state index in [9.17, 15) is 14.7 Å². The van der Waals surface area contributed by atoms with Crippen LogP contribution in [0.25, 0.3) is 0 Å². The molecule has 20 heavy (non-hydrogen) atoms. The molecule has 6 nitrogen and oxygen atoms in total. The maximum Gasteiger partial charge on any atom is 0.337 e. The fourth-order valence-corrected chi connectivity index (χ4v) is 1.58. The average Bonchev–Trinajstić information content (AvgIpc) is 2.36. The predicted molar refractivity (Wildman–Crippen MR) is 75.1 cm³/mol. The SMILES string of the molecule is CC(O)(CNC(=O)C(C)(C)c1ccc(N)cc1)C(=O)O. The van der Waals surface area contributed by atoms with Gasteiger partial charge in [-0.15, -0.1) is 0 Å². The molecule has 0 aromatic heterocycles. The van der Waals surface area contributed by atoms with Gasteiger partial charge in [0, 0.05) is 5.69 Å². The number of aliphatic hydroxyl groups is 1. The maximum atomic E-state index is 12.2. The summed E-state index contributed by atoms with van der Waals surface area (Å²) in [5.74, 6) is -1.76. The molecule has 0 heterocycles. The van der Waals surface area contributed by atoms with Gasteiger partial charge in [-0.3, -0.25) is 4.79 Å². The highest BCUT2D eigenvalue weighted by Crippen LogP contribution is 2.24. The van der Waals surface area contributed by atoms with Crippen LogP contribution in [0.3, 0.4) is 0 Å². The van der Waals surface area contributed by atoms with Crippen LogP contribution in [0.5, 0.6) is 0 Å². The van der Waals surface area contributed by atoms with E-state index >= 15 is 0 Å². The first-order valence-electron chi connectivity index (χ1n) is 6.17. The first-order valence-corrected chi connectivity index (χ1v) is 6.17. The van der Waals surface area contributed by atoms with Gasteiger partial charge >= 0.3 is 5.97 Å². The van der Waals surface area contributed by atoms with Crippen LogP contribution in [0.1, 0.15) is 26.3 Å². The van der Waals surface area contributed by atoms with Crippen molar-refractivity contribution in [3.8, 4) is 0 Å². The van der Waals surface area contributed by atoms with Gasteiger partial charge in [-0.05, 0) is 38.5 Å². The molecule has 0 saturated carbocycles. The Hall–Kier alpha value is -2.08. The Kier molecular flexibility index (Phi) is 4.39. The number of carboxylic acids is 1. The van der Waals surface area contributed by atoms with Gasteiger partial charge in [-0.25, -0.2) is 4.79 Å². The van der Waals surface area contributed by atoms with E-state index in [1.165, 1.54) is 0 Å². The van der Waals surface area contributed by atoms with Crippen LogP contribution in [0, 0.1) is 0 Å². The van der Waals surface area contributed by atoms with Crippen molar-refractivity contribution in [1.82, 2.24) is 5.32 Å². The normalized spacial score (nSPS) is 14.4. The highest BCUT2D eigenvalue weighted by atomic mass is 16.4. The zero-order valence-electron chi connectivity index (χ0n) is 11.8. The summed E-state index contributed by atoms with van der Waals surface area (Å²) in [7, 11) is 0. The van der Waals surface area contributed by atoms with Crippen molar-refractivity contribution in [2.75, 3.05) is 12.3 Å². The number of anilines is 1. The monoisotopic (exact) mass is 280 g/mol. The molecule has 0 aliphatic rings. The number of amides is 1. The van der Waals surface area contributed by atoms with Crippen LogP contribution in [0.15, 0.2) is 24.3 Å². The van der Waals surface area contributed by atoms with Crippen LogP contribution >= 0.6 is 0 Å². The van der Waals surface area contributed by atoms with E-state index in [4.69, 9.17) is 10.8 Å². The summed E-state index contributed by atoms with van der Waals surface area (Å²) < 4.78 is 0. The number of rotatable bonds is 5. The Balaban J connectivity index is 2.80. The number of nitrogens with one attached hydrogen (secondary N) is 1. The van der Waals surface area contributed by atoms with Gasteiger partial charge in [0.05, 0.1) is 12.0 Å². The zero-order chi connectivity index (χ0) is 15.6. The fraction of sp³-hybridized carbons (Fsp3) is 0.429. The lowest BCUT2D eigenvalue weighted by Gasteiger charge is -2.26. The Morgan fingerprint density at radius 2 is 1.70 bits per heavy atom. The lowest BCUT2D eigenvalue weighted by Crippen LogP contribution is -2.50. The van der Waals surface area contributed by atoms with E-state index in [2.05, 4.69) is 5.32 Å². The minimum atomic E-state index is -1.99. The summed E-state index contributed by atoms with van der Waals surface area (Å²) in [5, 5.41) is 20.8. The van der Waals surface area contributed by atoms with Crippen LogP contribution in [0.2, 0.25) is 0 Å². The standard InChI is InChI=1S/C14H20N2O4/c1-13(2,9-4-6-10(15)7-5-9)11(17)16-8-14(3,20)12(18)19/h4-7,20H,8,15H2,1-3H3,(H,16,17)(H,18,19). The molecule has 1 amide bonds. The van der Waals surface area contributed by atoms with Crippen molar-refractivity contribution >= 4 is 17.6 Å². The second-order valence-corrected chi connectivity index (χ2v) is 5.51. The van der Waals surface area contributed by atoms with E-state index in [1.807, 2.05) is 0 Å². The molecular weight excluding hydrogens is 260 g/mol. The lowest BCUT2D eigenvalue weighted by molar-refractivity contribution is -0.156. The quantitative estimate of drug-likeness (QED) is 0.587. The molecule has 1 unspecified atom stereocenters. The van der Waals surface area contributed by atoms with Crippen LogP contribution in [-0.2, 0) is 15.0 Å². The van der Waals surface area contributed by atoms with Crippen molar-refractivity contribution in [3.05, 3.63) is 29.8 Å². The highest BCUT2D eigenvalue weighted by Gasteiger charge is 2.34. The summed E-state index contributed by atoms with van der Waals surface area (Å²) in [6, 6.07) is 6.87. The molecule has 0 fully saturated rings. The number of carboxylic acid groups (broad SMARTS) is 1. The molecule has 1 aromatic rings. The van der Waals surface area contributed by atoms with Crippen LogP contribution < -0.4 is 11.1 Å². The van der Waals surface area contributed by atoms with Gasteiger partial charge in [0.25, 0.3) is 0 Å². The molecule has 0 radical (unpaired) electrons. The Bertz CT molecular complexity index is 506. The summed E-state index contributed by atoms with van der Waals surface area (Å²) >= 11 is 0. The molecule has 6 heteroatoms. The average molecular weight is 280 g/mol. The minimum Gasteiger partial charge on any atom is -0.479 e. The van der Waals surface area contributed by atoms with Crippen molar-refractivity contribution in [3.63, 3.8) is 0 Å². The summed E-state index contributed by atoms with van der Waals surface area (Å²) in [5.41, 5.74) is 4.09. The van der Waals surface area contributed by atoms with E-state index in [0.29, 0.717) is 5.69 Å². The smallest absolute Gasteiger partial charge is 0.337 e. The van der Waals surface area contributed by atoms with E-state index in [1.54, 1.807) is 38.1 Å². The highest BCUT2D eigenvalue weighted by molar-refractivity contribution is 5.88. The first kappa shape index (κ1) is 16.0. The molecule has 0 spiro atoms. The number of hydrogen-bond donors (Lipinski definition) is 4. The zero-order valence-corrected chi connectivity index (χ0v) is 11.8. The number of nitrogens with two attached hydrogens (primary N) is 1. The fourth-order valence-electron chi connectivity index (χ4n) is 1.58. The molecule has 0 aliphatic heterocycles. The molecule has 0 bridgehead atoms.